The number of carbonyl (C=O) groups excluding carboxylic acids is 1. The summed E-state index contributed by atoms with van der Waals surface area (Å²) in [5.74, 6) is 0.489. The Labute approximate surface area is 202 Å². The lowest BCUT2D eigenvalue weighted by molar-refractivity contribution is -0.661. The smallest absolute Gasteiger partial charge is 0.332 e. The van der Waals surface area contributed by atoms with Crippen molar-refractivity contribution in [3.8, 4) is 5.75 Å². The number of nitrogens with one attached hydrogen (secondary N) is 1. The Kier molecular flexibility index (Phi) is 9.84. The van der Waals surface area contributed by atoms with Gasteiger partial charge in [-0.3, -0.25) is 18.7 Å². The first-order valence-corrected chi connectivity index (χ1v) is 10.9. The second-order valence-electron chi connectivity index (χ2n) is 8.01. The first-order valence-electron chi connectivity index (χ1n) is 10.9. The van der Waals surface area contributed by atoms with Gasteiger partial charge in [-0.05, 0) is 37.1 Å². The van der Waals surface area contributed by atoms with Crippen LogP contribution >= 0.6 is 0 Å². The van der Waals surface area contributed by atoms with Crippen molar-refractivity contribution in [2.45, 2.75) is 32.4 Å². The minimum atomic E-state index is -0.609. The molecule has 1 aromatic carbocycles. The maximum absolute atomic E-state index is 12.4. The Balaban J connectivity index is 0.00000408. The summed E-state index contributed by atoms with van der Waals surface area (Å²) in [6, 6.07) is 6.97. The largest absolute Gasteiger partial charge is 1.00 e. The molecule has 0 spiro atoms. The number of aryl methyl sites for hydroxylation is 2. The van der Waals surface area contributed by atoms with E-state index in [1.54, 1.807) is 42.2 Å². The number of nitrogens with two attached hydrogens (primary N) is 1. The van der Waals surface area contributed by atoms with Crippen molar-refractivity contribution >= 4 is 22.8 Å². The van der Waals surface area contributed by atoms with Gasteiger partial charge in [-0.15, -0.1) is 0 Å². The van der Waals surface area contributed by atoms with E-state index >= 15 is 0 Å². The zero-order valence-electron chi connectivity index (χ0n) is 19.5. The van der Waals surface area contributed by atoms with Crippen molar-refractivity contribution in [2.75, 3.05) is 25.0 Å². The van der Waals surface area contributed by atoms with E-state index in [9.17, 15) is 19.5 Å². The lowest BCUT2D eigenvalue weighted by atomic mass is 10.3. The molecule has 11 nitrogen and oxygen atoms in total. The van der Waals surface area contributed by atoms with Crippen LogP contribution < -0.4 is 39.0 Å². The number of fused-ring (bicyclic) bond motifs is 1. The molecular formula is C22H31ClN6O5. The Morgan fingerprint density at radius 3 is 2.56 bits per heavy atom. The summed E-state index contributed by atoms with van der Waals surface area (Å²) in [6.45, 7) is 3.59. The Hall–Kier alpha value is -3.15. The van der Waals surface area contributed by atoms with Gasteiger partial charge in [-0.2, -0.15) is 0 Å². The molecule has 0 aliphatic rings. The summed E-state index contributed by atoms with van der Waals surface area (Å²) in [6.07, 6.45) is 2.71. The number of benzene rings is 1. The van der Waals surface area contributed by atoms with Crippen LogP contribution in [0.4, 0.5) is 5.69 Å². The summed E-state index contributed by atoms with van der Waals surface area (Å²) in [5.41, 5.74) is 0.780. The Morgan fingerprint density at radius 1 is 1.18 bits per heavy atom. The second-order valence-corrected chi connectivity index (χ2v) is 8.01. The lowest BCUT2D eigenvalue weighted by Gasteiger charge is -2.12. The van der Waals surface area contributed by atoms with Crippen molar-refractivity contribution in [3.05, 3.63) is 51.4 Å². The van der Waals surface area contributed by atoms with Gasteiger partial charge in [0.1, 0.15) is 25.0 Å². The van der Waals surface area contributed by atoms with Crippen molar-refractivity contribution < 1.29 is 32.4 Å². The van der Waals surface area contributed by atoms with Gasteiger partial charge in [0.05, 0.1) is 12.9 Å². The number of nitrogens with zero attached hydrogens (tertiary/aromatic N) is 4. The van der Waals surface area contributed by atoms with E-state index in [0.29, 0.717) is 35.7 Å². The van der Waals surface area contributed by atoms with Crippen molar-refractivity contribution in [1.29, 1.82) is 0 Å². The number of carbonyl (C=O) groups is 1. The lowest BCUT2D eigenvalue weighted by Crippen LogP contribution is -3.00. The standard InChI is InChI=1S/C22H30N6O5.ClH/c1-15(29)25-16-6-8-18(9-7-16)33-13-17(30)12-23-10-4-5-11-28-14-24-20-19(28)21(31)27(3)22(32)26(20)2;/h6-9,14,17,23,30H,4-5,10-13H2,1-3H3,(H,25,29);1H. The number of ether oxygens (including phenoxy) is 1. The van der Waals surface area contributed by atoms with Gasteiger partial charge in [-0.25, -0.2) is 9.78 Å². The molecule has 2 heterocycles. The molecule has 1 atom stereocenters. The van der Waals surface area contributed by atoms with Gasteiger partial charge >= 0.3 is 5.69 Å². The SMILES string of the molecule is CC(=O)Nc1ccc(OCC(O)C[NH2+]CCCCn2cnc3c2c(=O)n(C)c(=O)n3C)cc1.[Cl-]. The average Bonchev–Trinajstić information content (AvgIpc) is 3.21. The summed E-state index contributed by atoms with van der Waals surface area (Å²) in [5, 5.41) is 14.8. The summed E-state index contributed by atoms with van der Waals surface area (Å²) < 4.78 is 9.84. The van der Waals surface area contributed by atoms with Gasteiger partial charge in [0.15, 0.2) is 11.2 Å². The quantitative estimate of drug-likeness (QED) is 0.234. The topological polar surface area (TPSA) is 137 Å². The fourth-order valence-electron chi connectivity index (χ4n) is 3.55. The number of aromatic nitrogens is 4. The molecule has 0 bridgehead atoms. The number of amides is 1. The third-order valence-corrected chi connectivity index (χ3v) is 5.33. The van der Waals surface area contributed by atoms with Crippen LogP contribution in [0.25, 0.3) is 11.2 Å². The Bertz CT molecular complexity index is 1220. The molecule has 1 unspecified atom stereocenters. The number of hydrogen-bond acceptors (Lipinski definition) is 6. The molecule has 4 N–H and O–H groups in total. The molecule has 0 fully saturated rings. The molecule has 2 aromatic heterocycles. The maximum atomic E-state index is 12.4. The van der Waals surface area contributed by atoms with Crippen LogP contribution in [-0.2, 0) is 25.4 Å². The van der Waals surface area contributed by atoms with E-state index in [4.69, 9.17) is 4.74 Å². The predicted octanol–water partition coefficient (Wildman–Crippen LogP) is -3.82. The number of unbranched alkanes of at least 4 members (excludes halogenated alkanes) is 1. The molecule has 0 aliphatic carbocycles. The van der Waals surface area contributed by atoms with Crippen LogP contribution in [0.5, 0.6) is 5.75 Å². The zero-order chi connectivity index (χ0) is 24.0. The third-order valence-electron chi connectivity index (χ3n) is 5.33. The maximum Gasteiger partial charge on any atom is 0.332 e. The van der Waals surface area contributed by atoms with Crippen molar-refractivity contribution in [2.24, 2.45) is 14.1 Å². The number of anilines is 1. The number of aliphatic hydroxyl groups is 1. The van der Waals surface area contributed by atoms with Crippen molar-refractivity contribution in [1.82, 2.24) is 18.7 Å². The number of quaternary nitrogens is 1. The van der Waals surface area contributed by atoms with Gasteiger partial charge in [-0.1, -0.05) is 0 Å². The molecule has 34 heavy (non-hydrogen) atoms. The summed E-state index contributed by atoms with van der Waals surface area (Å²) in [4.78, 5) is 39.7. The minimum Gasteiger partial charge on any atom is -1.00 e. The number of hydrogen-bond donors (Lipinski definition) is 3. The molecule has 12 heteroatoms. The van der Waals surface area contributed by atoms with Crippen molar-refractivity contribution in [3.63, 3.8) is 0 Å². The van der Waals surface area contributed by atoms with Crippen LogP contribution in [0.2, 0.25) is 0 Å². The van der Waals surface area contributed by atoms with E-state index in [0.717, 1.165) is 24.0 Å². The second kappa shape index (κ2) is 12.4. The number of aliphatic hydroxyl groups excluding tert-OH is 1. The molecule has 0 saturated carbocycles. The highest BCUT2D eigenvalue weighted by molar-refractivity contribution is 5.88. The third kappa shape index (κ3) is 6.69. The van der Waals surface area contributed by atoms with E-state index < -0.39 is 11.8 Å². The van der Waals surface area contributed by atoms with E-state index in [1.165, 1.54) is 18.5 Å². The predicted molar refractivity (Wildman–Crippen MR) is 123 cm³/mol. The molecular weight excluding hydrogens is 464 g/mol. The van der Waals surface area contributed by atoms with Crippen LogP contribution in [0.1, 0.15) is 19.8 Å². The highest BCUT2D eigenvalue weighted by Crippen LogP contribution is 2.15. The molecule has 0 saturated heterocycles. The van der Waals surface area contributed by atoms with Gasteiger partial charge in [0, 0.05) is 33.3 Å². The van der Waals surface area contributed by atoms with Crippen LogP contribution in [-0.4, -0.2) is 55.5 Å². The highest BCUT2D eigenvalue weighted by atomic mass is 35.5. The fourth-order valence-corrected chi connectivity index (χ4v) is 3.55. The van der Waals surface area contributed by atoms with Crippen LogP contribution in [0.3, 0.4) is 0 Å². The van der Waals surface area contributed by atoms with Gasteiger partial charge in [0.2, 0.25) is 5.91 Å². The van der Waals surface area contributed by atoms with E-state index in [-0.39, 0.29) is 30.5 Å². The molecule has 3 rings (SSSR count). The Morgan fingerprint density at radius 2 is 1.88 bits per heavy atom. The molecule has 0 aliphatic heterocycles. The number of imidazole rings is 1. The molecule has 1 amide bonds. The number of halogens is 1. The summed E-state index contributed by atoms with van der Waals surface area (Å²) in [7, 11) is 3.07. The van der Waals surface area contributed by atoms with E-state index in [2.05, 4.69) is 10.3 Å². The minimum absolute atomic E-state index is 0. The van der Waals surface area contributed by atoms with Gasteiger partial charge in [0.25, 0.3) is 5.56 Å². The van der Waals surface area contributed by atoms with Gasteiger partial charge < -0.3 is 37.5 Å². The average molecular weight is 495 g/mol. The summed E-state index contributed by atoms with van der Waals surface area (Å²) >= 11 is 0. The zero-order valence-corrected chi connectivity index (χ0v) is 20.3. The molecule has 186 valence electrons. The highest BCUT2D eigenvalue weighted by Gasteiger charge is 2.14. The first kappa shape index (κ1) is 27.1. The monoisotopic (exact) mass is 494 g/mol. The van der Waals surface area contributed by atoms with Crippen LogP contribution in [0, 0.1) is 0 Å². The number of rotatable bonds is 11. The fraction of sp³-hybridized carbons (Fsp3) is 0.455. The normalized spacial score (nSPS) is 11.8. The van der Waals surface area contributed by atoms with E-state index in [1.807, 2.05) is 5.32 Å². The molecule has 3 aromatic rings. The van der Waals surface area contributed by atoms with Crippen LogP contribution in [0.15, 0.2) is 40.2 Å². The molecule has 0 radical (unpaired) electrons. The first-order chi connectivity index (χ1) is 15.8.